The lowest BCUT2D eigenvalue weighted by molar-refractivity contribution is 0.0196. The predicted molar refractivity (Wildman–Crippen MR) is 79.1 cm³/mol. The van der Waals surface area contributed by atoms with E-state index in [-0.39, 0.29) is 30.6 Å². The molecule has 0 aliphatic carbocycles. The zero-order valence-electron chi connectivity index (χ0n) is 10.6. The SMILES string of the molecule is CN=C(NCCOCC(F)F)NCc1ccco1.I. The van der Waals surface area contributed by atoms with Crippen molar-refractivity contribution in [1.82, 2.24) is 10.6 Å². The van der Waals surface area contributed by atoms with Crippen LogP contribution in [0.2, 0.25) is 0 Å². The van der Waals surface area contributed by atoms with Crippen molar-refractivity contribution in [2.24, 2.45) is 4.99 Å². The molecule has 0 aliphatic heterocycles. The van der Waals surface area contributed by atoms with Gasteiger partial charge in [0.2, 0.25) is 0 Å². The molecule has 2 N–H and O–H groups in total. The third kappa shape index (κ3) is 8.76. The fourth-order valence-electron chi connectivity index (χ4n) is 1.22. The van der Waals surface area contributed by atoms with Crippen LogP contribution in [0.4, 0.5) is 8.78 Å². The summed E-state index contributed by atoms with van der Waals surface area (Å²) in [5.74, 6) is 1.35. The molecule has 8 heteroatoms. The number of ether oxygens (including phenoxy) is 1. The van der Waals surface area contributed by atoms with Gasteiger partial charge in [0.1, 0.15) is 12.4 Å². The van der Waals surface area contributed by atoms with Crippen LogP contribution in [-0.2, 0) is 11.3 Å². The van der Waals surface area contributed by atoms with E-state index < -0.39 is 13.0 Å². The van der Waals surface area contributed by atoms with E-state index in [1.165, 1.54) is 0 Å². The number of halogens is 3. The van der Waals surface area contributed by atoms with Crippen molar-refractivity contribution >= 4 is 29.9 Å². The zero-order valence-corrected chi connectivity index (χ0v) is 12.9. The maximum atomic E-state index is 11.8. The average molecular weight is 389 g/mol. The Bertz CT molecular complexity index is 348. The molecule has 0 spiro atoms. The summed E-state index contributed by atoms with van der Waals surface area (Å²) in [4.78, 5) is 3.97. The van der Waals surface area contributed by atoms with Crippen LogP contribution in [0.1, 0.15) is 5.76 Å². The van der Waals surface area contributed by atoms with Crippen molar-refractivity contribution in [2.75, 3.05) is 26.8 Å². The topological polar surface area (TPSA) is 58.8 Å². The molecule has 110 valence electrons. The quantitative estimate of drug-likeness (QED) is 0.324. The number of rotatable bonds is 7. The summed E-state index contributed by atoms with van der Waals surface area (Å²) >= 11 is 0. The number of guanidine groups is 1. The second-order valence-corrected chi connectivity index (χ2v) is 3.40. The first kappa shape index (κ1) is 18.1. The second kappa shape index (κ2) is 11.0. The lowest BCUT2D eigenvalue weighted by atomic mass is 10.4. The van der Waals surface area contributed by atoms with Gasteiger partial charge in [-0.25, -0.2) is 8.78 Å². The molecule has 0 bridgehead atoms. The van der Waals surface area contributed by atoms with Gasteiger partial charge in [0.25, 0.3) is 6.43 Å². The summed E-state index contributed by atoms with van der Waals surface area (Å²) in [5.41, 5.74) is 0. The van der Waals surface area contributed by atoms with Crippen LogP contribution in [0.15, 0.2) is 27.8 Å². The van der Waals surface area contributed by atoms with Crippen LogP contribution in [0.25, 0.3) is 0 Å². The molecular weight excluding hydrogens is 371 g/mol. The Morgan fingerprint density at radius 2 is 2.26 bits per heavy atom. The smallest absolute Gasteiger partial charge is 0.261 e. The molecule has 0 saturated carbocycles. The lowest BCUT2D eigenvalue weighted by Gasteiger charge is -2.10. The first-order valence-corrected chi connectivity index (χ1v) is 5.55. The lowest BCUT2D eigenvalue weighted by Crippen LogP contribution is -2.38. The Hall–Kier alpha value is -0.900. The van der Waals surface area contributed by atoms with Gasteiger partial charge >= 0.3 is 0 Å². The Balaban J connectivity index is 0.00000324. The van der Waals surface area contributed by atoms with Gasteiger partial charge in [0.15, 0.2) is 5.96 Å². The van der Waals surface area contributed by atoms with Gasteiger partial charge in [0.05, 0.1) is 19.4 Å². The fourth-order valence-corrected chi connectivity index (χ4v) is 1.22. The normalized spacial score (nSPS) is 11.3. The van der Waals surface area contributed by atoms with E-state index in [0.717, 1.165) is 5.76 Å². The average Bonchev–Trinajstić information content (AvgIpc) is 2.85. The highest BCUT2D eigenvalue weighted by Gasteiger charge is 2.02. The number of aliphatic imine (C=N–C) groups is 1. The van der Waals surface area contributed by atoms with E-state index in [2.05, 4.69) is 15.6 Å². The number of hydrogen-bond donors (Lipinski definition) is 2. The van der Waals surface area contributed by atoms with Crippen molar-refractivity contribution in [2.45, 2.75) is 13.0 Å². The Morgan fingerprint density at radius 1 is 1.47 bits per heavy atom. The largest absolute Gasteiger partial charge is 0.467 e. The summed E-state index contributed by atoms with van der Waals surface area (Å²) < 4.78 is 33.4. The highest BCUT2D eigenvalue weighted by molar-refractivity contribution is 14.0. The van der Waals surface area contributed by atoms with E-state index in [1.54, 1.807) is 19.4 Å². The molecule has 0 aromatic carbocycles. The molecule has 0 atom stereocenters. The van der Waals surface area contributed by atoms with Crippen LogP contribution >= 0.6 is 24.0 Å². The minimum Gasteiger partial charge on any atom is -0.467 e. The molecule has 19 heavy (non-hydrogen) atoms. The monoisotopic (exact) mass is 389 g/mol. The molecule has 1 heterocycles. The molecule has 0 amide bonds. The van der Waals surface area contributed by atoms with E-state index in [0.29, 0.717) is 19.0 Å². The second-order valence-electron chi connectivity index (χ2n) is 3.40. The van der Waals surface area contributed by atoms with Crippen molar-refractivity contribution < 1.29 is 17.9 Å². The minimum atomic E-state index is -2.43. The first-order chi connectivity index (χ1) is 8.72. The third-order valence-electron chi connectivity index (χ3n) is 2.02. The fraction of sp³-hybridized carbons (Fsp3) is 0.545. The Labute approximate surface area is 127 Å². The van der Waals surface area contributed by atoms with Crippen molar-refractivity contribution in [1.29, 1.82) is 0 Å². The molecule has 1 aromatic heterocycles. The van der Waals surface area contributed by atoms with Gasteiger partial charge in [-0.3, -0.25) is 4.99 Å². The van der Waals surface area contributed by atoms with Gasteiger partial charge in [0, 0.05) is 13.6 Å². The number of nitrogens with zero attached hydrogens (tertiary/aromatic N) is 1. The van der Waals surface area contributed by atoms with Crippen LogP contribution < -0.4 is 10.6 Å². The number of alkyl halides is 2. The summed E-state index contributed by atoms with van der Waals surface area (Å²) in [6, 6.07) is 3.64. The number of hydrogen-bond acceptors (Lipinski definition) is 3. The van der Waals surface area contributed by atoms with Crippen LogP contribution in [0, 0.1) is 0 Å². The molecular formula is C11H18F2IN3O2. The van der Waals surface area contributed by atoms with Gasteiger partial charge in [-0.05, 0) is 12.1 Å². The van der Waals surface area contributed by atoms with E-state index in [1.807, 2.05) is 6.07 Å². The summed E-state index contributed by atoms with van der Waals surface area (Å²) in [6.45, 7) is 0.570. The molecule has 0 fully saturated rings. The number of furan rings is 1. The number of nitrogens with one attached hydrogen (secondary N) is 2. The van der Waals surface area contributed by atoms with Gasteiger partial charge in [-0.2, -0.15) is 0 Å². The molecule has 0 unspecified atom stereocenters. The molecule has 5 nitrogen and oxygen atoms in total. The van der Waals surface area contributed by atoms with E-state index in [4.69, 9.17) is 9.15 Å². The predicted octanol–water partition coefficient (Wildman–Crippen LogP) is 1.84. The molecule has 0 saturated heterocycles. The maximum absolute atomic E-state index is 11.8. The third-order valence-corrected chi connectivity index (χ3v) is 2.02. The standard InChI is InChI=1S/C11H17F2N3O2.HI/c1-14-11(15-4-6-17-8-10(12)13)16-7-9-3-2-5-18-9;/h2-3,5,10H,4,6-8H2,1H3,(H2,14,15,16);1H. The summed E-state index contributed by atoms with van der Waals surface area (Å²) in [6.07, 6.45) is -0.841. The van der Waals surface area contributed by atoms with Gasteiger partial charge in [-0.1, -0.05) is 0 Å². The maximum Gasteiger partial charge on any atom is 0.261 e. The Morgan fingerprint density at radius 3 is 2.84 bits per heavy atom. The summed E-state index contributed by atoms with van der Waals surface area (Å²) in [7, 11) is 1.62. The molecule has 1 rings (SSSR count). The van der Waals surface area contributed by atoms with Crippen LogP contribution in [-0.4, -0.2) is 39.2 Å². The highest BCUT2D eigenvalue weighted by Crippen LogP contribution is 1.98. The van der Waals surface area contributed by atoms with E-state index in [9.17, 15) is 8.78 Å². The molecule has 1 aromatic rings. The molecule has 0 radical (unpaired) electrons. The van der Waals surface area contributed by atoms with Crippen LogP contribution in [0.5, 0.6) is 0 Å². The van der Waals surface area contributed by atoms with E-state index >= 15 is 0 Å². The molecule has 0 aliphatic rings. The van der Waals surface area contributed by atoms with Crippen molar-refractivity contribution in [3.63, 3.8) is 0 Å². The first-order valence-electron chi connectivity index (χ1n) is 5.55. The van der Waals surface area contributed by atoms with Gasteiger partial charge in [-0.15, -0.1) is 24.0 Å². The minimum absolute atomic E-state index is 0. The van der Waals surface area contributed by atoms with Gasteiger partial charge < -0.3 is 19.8 Å². The Kier molecular flexibility index (Phi) is 10.5. The van der Waals surface area contributed by atoms with Crippen LogP contribution in [0.3, 0.4) is 0 Å². The zero-order chi connectivity index (χ0) is 13.2. The van der Waals surface area contributed by atoms with Crippen molar-refractivity contribution in [3.8, 4) is 0 Å². The van der Waals surface area contributed by atoms with Crippen molar-refractivity contribution in [3.05, 3.63) is 24.2 Å². The highest BCUT2D eigenvalue weighted by atomic mass is 127. The summed E-state index contributed by atoms with van der Waals surface area (Å²) in [5, 5.41) is 5.95.